The van der Waals surface area contributed by atoms with Crippen molar-refractivity contribution >= 4 is 5.91 Å². The van der Waals surface area contributed by atoms with Gasteiger partial charge in [-0.2, -0.15) is 0 Å². The molecule has 6 nitrogen and oxygen atoms in total. The smallest absolute Gasteiger partial charge is 0.230 e. The van der Waals surface area contributed by atoms with Gasteiger partial charge < -0.3 is 24.0 Å². The highest BCUT2D eigenvalue weighted by Crippen LogP contribution is 2.36. The fourth-order valence-corrected chi connectivity index (χ4v) is 3.85. The summed E-state index contributed by atoms with van der Waals surface area (Å²) in [5, 5.41) is 14.3. The number of amides is 1. The quantitative estimate of drug-likeness (QED) is 0.686. The molecular weight excluding hydrogens is 358 g/mol. The van der Waals surface area contributed by atoms with Crippen molar-refractivity contribution in [1.82, 2.24) is 5.32 Å². The van der Waals surface area contributed by atoms with E-state index in [4.69, 9.17) is 13.6 Å². The van der Waals surface area contributed by atoms with Crippen LogP contribution in [-0.4, -0.2) is 30.8 Å². The molecule has 0 saturated carbocycles. The lowest BCUT2D eigenvalue weighted by atomic mass is 9.73. The number of benzene rings is 1. The lowest BCUT2D eigenvalue weighted by Gasteiger charge is -2.37. The van der Waals surface area contributed by atoms with Crippen molar-refractivity contribution < 1.29 is 23.5 Å². The highest BCUT2D eigenvalue weighted by Gasteiger charge is 2.43. The van der Waals surface area contributed by atoms with Crippen LogP contribution in [0.5, 0.6) is 0 Å². The molecule has 0 radical (unpaired) electrons. The molecule has 146 valence electrons. The molecule has 28 heavy (non-hydrogen) atoms. The van der Waals surface area contributed by atoms with Crippen LogP contribution >= 0.6 is 0 Å². The maximum Gasteiger partial charge on any atom is 0.230 e. The molecule has 0 bridgehead atoms. The monoisotopic (exact) mass is 381 g/mol. The molecule has 1 saturated heterocycles. The van der Waals surface area contributed by atoms with Gasteiger partial charge in [0.05, 0.1) is 30.7 Å². The summed E-state index contributed by atoms with van der Waals surface area (Å²) in [5.41, 5.74) is -0.723. The van der Waals surface area contributed by atoms with E-state index in [0.717, 1.165) is 5.56 Å². The van der Waals surface area contributed by atoms with Gasteiger partial charge in [0.15, 0.2) is 5.60 Å². The van der Waals surface area contributed by atoms with Gasteiger partial charge in [-0.25, -0.2) is 0 Å². The van der Waals surface area contributed by atoms with E-state index in [-0.39, 0.29) is 12.5 Å². The van der Waals surface area contributed by atoms with Crippen molar-refractivity contribution in [3.8, 4) is 0 Å². The van der Waals surface area contributed by atoms with E-state index in [1.165, 1.54) is 18.8 Å². The average molecular weight is 381 g/mol. The Morgan fingerprint density at radius 2 is 1.86 bits per heavy atom. The topological polar surface area (TPSA) is 84.8 Å². The number of carbonyl (C=O) groups is 1. The number of ether oxygens (including phenoxy) is 1. The molecule has 2 N–H and O–H groups in total. The number of rotatable bonds is 6. The Morgan fingerprint density at radius 1 is 1.07 bits per heavy atom. The van der Waals surface area contributed by atoms with Crippen LogP contribution < -0.4 is 5.32 Å². The zero-order valence-corrected chi connectivity index (χ0v) is 15.5. The third-order valence-electron chi connectivity index (χ3n) is 5.54. The van der Waals surface area contributed by atoms with Crippen LogP contribution in [-0.2, 0) is 20.5 Å². The van der Waals surface area contributed by atoms with E-state index in [0.29, 0.717) is 37.4 Å². The van der Waals surface area contributed by atoms with Gasteiger partial charge in [0.2, 0.25) is 5.91 Å². The molecule has 3 aromatic rings. The fraction of sp³-hybridized carbons (Fsp3) is 0.318. The summed E-state index contributed by atoms with van der Waals surface area (Å²) >= 11 is 0. The largest absolute Gasteiger partial charge is 0.472 e. The van der Waals surface area contributed by atoms with Crippen molar-refractivity contribution in [2.45, 2.75) is 23.9 Å². The van der Waals surface area contributed by atoms with Gasteiger partial charge in [0, 0.05) is 18.8 Å². The van der Waals surface area contributed by atoms with Crippen LogP contribution in [0.4, 0.5) is 0 Å². The highest BCUT2D eigenvalue weighted by atomic mass is 16.5. The SMILES string of the molecule is O=C(NCC(O)(c1ccoc1)c1ccco1)C1(c2ccccc2)CCOCC1. The first kappa shape index (κ1) is 18.5. The van der Waals surface area contributed by atoms with Crippen molar-refractivity contribution in [3.05, 3.63) is 84.2 Å². The van der Waals surface area contributed by atoms with E-state index in [9.17, 15) is 9.90 Å². The zero-order valence-electron chi connectivity index (χ0n) is 15.5. The lowest BCUT2D eigenvalue weighted by molar-refractivity contribution is -0.131. The van der Waals surface area contributed by atoms with Gasteiger partial charge in [-0.1, -0.05) is 30.3 Å². The summed E-state index contributed by atoms with van der Waals surface area (Å²) in [5.74, 6) is 0.213. The Labute approximate surface area is 163 Å². The van der Waals surface area contributed by atoms with Crippen molar-refractivity contribution in [1.29, 1.82) is 0 Å². The second kappa shape index (κ2) is 7.66. The van der Waals surface area contributed by atoms with Crippen LogP contribution in [0.25, 0.3) is 0 Å². The second-order valence-corrected chi connectivity index (χ2v) is 7.09. The maximum atomic E-state index is 13.4. The van der Waals surface area contributed by atoms with Gasteiger partial charge in [-0.05, 0) is 36.6 Å². The second-order valence-electron chi connectivity index (χ2n) is 7.09. The predicted octanol–water partition coefficient (Wildman–Crippen LogP) is 2.97. The molecule has 6 heteroatoms. The van der Waals surface area contributed by atoms with Gasteiger partial charge >= 0.3 is 0 Å². The first-order valence-corrected chi connectivity index (χ1v) is 9.36. The van der Waals surface area contributed by atoms with Crippen molar-refractivity contribution in [3.63, 3.8) is 0 Å². The normalized spacial score (nSPS) is 18.3. The average Bonchev–Trinajstić information content (AvgIpc) is 3.48. The Bertz CT molecular complexity index is 846. The maximum absolute atomic E-state index is 13.4. The lowest BCUT2D eigenvalue weighted by Crippen LogP contribution is -2.51. The Kier molecular flexibility index (Phi) is 5.07. The van der Waals surface area contributed by atoms with E-state index in [1.807, 2.05) is 30.3 Å². The molecule has 0 aliphatic carbocycles. The third kappa shape index (κ3) is 3.25. The van der Waals surface area contributed by atoms with Crippen molar-refractivity contribution in [2.75, 3.05) is 19.8 Å². The molecule has 3 heterocycles. The summed E-state index contributed by atoms with van der Waals surface area (Å²) in [6, 6.07) is 14.8. The summed E-state index contributed by atoms with van der Waals surface area (Å²) in [4.78, 5) is 13.4. The van der Waals surface area contributed by atoms with Gasteiger partial charge in [-0.15, -0.1) is 0 Å². The first-order chi connectivity index (χ1) is 13.7. The van der Waals surface area contributed by atoms with Crippen LogP contribution in [0.3, 0.4) is 0 Å². The minimum Gasteiger partial charge on any atom is -0.472 e. The Hall–Kier alpha value is -2.83. The van der Waals surface area contributed by atoms with Gasteiger partial charge in [0.25, 0.3) is 0 Å². The van der Waals surface area contributed by atoms with E-state index in [2.05, 4.69) is 5.32 Å². The fourth-order valence-electron chi connectivity index (χ4n) is 3.85. The molecule has 1 aromatic carbocycles. The molecule has 2 aromatic heterocycles. The van der Waals surface area contributed by atoms with Gasteiger partial charge in [0.1, 0.15) is 5.76 Å². The molecule has 1 fully saturated rings. The Balaban J connectivity index is 1.61. The highest BCUT2D eigenvalue weighted by molar-refractivity contribution is 5.88. The van der Waals surface area contributed by atoms with Crippen LogP contribution in [0.2, 0.25) is 0 Å². The molecule has 0 spiro atoms. The summed E-state index contributed by atoms with van der Waals surface area (Å²) < 4.78 is 16.1. The van der Waals surface area contributed by atoms with E-state index in [1.54, 1.807) is 18.2 Å². The van der Waals surface area contributed by atoms with Crippen LogP contribution in [0.1, 0.15) is 29.7 Å². The minimum absolute atomic E-state index is 0.0334. The molecule has 1 aliphatic rings. The molecule has 1 amide bonds. The molecule has 4 rings (SSSR count). The molecule has 1 unspecified atom stereocenters. The first-order valence-electron chi connectivity index (χ1n) is 9.36. The minimum atomic E-state index is -1.52. The van der Waals surface area contributed by atoms with Crippen LogP contribution in [0, 0.1) is 0 Å². The molecular formula is C22H23NO5. The molecule has 1 aliphatic heterocycles. The summed E-state index contributed by atoms with van der Waals surface area (Å²) in [6.45, 7) is 1.01. The number of furan rings is 2. The number of hydrogen-bond acceptors (Lipinski definition) is 5. The van der Waals surface area contributed by atoms with Crippen molar-refractivity contribution in [2.24, 2.45) is 0 Å². The van der Waals surface area contributed by atoms with E-state index < -0.39 is 11.0 Å². The number of nitrogens with one attached hydrogen (secondary N) is 1. The summed E-state index contributed by atoms with van der Waals surface area (Å²) in [7, 11) is 0. The predicted molar refractivity (Wildman–Crippen MR) is 102 cm³/mol. The summed E-state index contributed by atoms with van der Waals surface area (Å²) in [6.07, 6.45) is 5.61. The number of aliphatic hydroxyl groups is 1. The van der Waals surface area contributed by atoms with Crippen LogP contribution in [0.15, 0.2) is 76.2 Å². The number of hydrogen-bond donors (Lipinski definition) is 2. The number of carbonyl (C=O) groups excluding carboxylic acids is 1. The molecule has 1 atom stereocenters. The van der Waals surface area contributed by atoms with Gasteiger partial charge in [-0.3, -0.25) is 4.79 Å². The zero-order chi connectivity index (χ0) is 19.5. The Morgan fingerprint density at radius 3 is 2.50 bits per heavy atom. The van der Waals surface area contributed by atoms with E-state index >= 15 is 0 Å². The standard InChI is InChI=1S/C22H23NO5/c24-20(21(9-13-26-14-10-21)17-5-2-1-3-6-17)23-16-22(25,18-8-12-27-15-18)19-7-4-11-28-19/h1-8,11-12,15,25H,9-10,13-14,16H2,(H,23,24). The third-order valence-corrected chi connectivity index (χ3v) is 5.54.